The highest BCUT2D eigenvalue weighted by Crippen LogP contribution is 2.27. The Bertz CT molecular complexity index is 798. The number of carbonyl (C=O) groups is 4. The Morgan fingerprint density at radius 3 is 2.36 bits per heavy atom. The maximum Gasteiger partial charge on any atom is 0.323 e. The molecule has 12 heteroatoms. The van der Waals surface area contributed by atoms with Crippen molar-refractivity contribution >= 4 is 30.2 Å². The van der Waals surface area contributed by atoms with E-state index in [1.807, 2.05) is 4.90 Å². The van der Waals surface area contributed by atoms with E-state index in [9.17, 15) is 24.3 Å². The van der Waals surface area contributed by atoms with Gasteiger partial charge in [-0.25, -0.2) is 4.79 Å². The smallest absolute Gasteiger partial charge is 0.323 e. The second-order valence-corrected chi connectivity index (χ2v) is 10.3. The topological polar surface area (TPSA) is 169 Å². The number of hydrogen-bond acceptors (Lipinski definition) is 6. The molecule has 1 heterocycles. The molecule has 0 unspecified atom stereocenters. The number of aliphatic carboxylic acids is 1. The van der Waals surface area contributed by atoms with Gasteiger partial charge in [0.25, 0.3) is 0 Å². The molecule has 0 aromatic rings. The summed E-state index contributed by atoms with van der Waals surface area (Å²) < 4.78 is 0. The normalized spacial score (nSPS) is 21.6. The van der Waals surface area contributed by atoms with Gasteiger partial charge in [-0.2, -0.15) is 5.10 Å². The quantitative estimate of drug-likeness (QED) is 0.110. The van der Waals surface area contributed by atoms with Crippen molar-refractivity contribution in [3.63, 3.8) is 0 Å². The molecular weight excluding hydrogens is 466 g/mol. The zero-order valence-electron chi connectivity index (χ0n) is 21.0. The van der Waals surface area contributed by atoms with Gasteiger partial charge in [-0.3, -0.25) is 14.4 Å². The molecule has 1 saturated heterocycles. The van der Waals surface area contributed by atoms with Gasteiger partial charge in [0, 0.05) is 32.2 Å². The molecule has 0 spiro atoms. The molecule has 202 valence electrons. The maximum atomic E-state index is 13.3. The third kappa shape index (κ3) is 9.19. The van der Waals surface area contributed by atoms with Crippen LogP contribution in [-0.4, -0.2) is 89.9 Å². The van der Waals surface area contributed by atoms with Crippen molar-refractivity contribution in [1.82, 2.24) is 25.8 Å². The Morgan fingerprint density at radius 1 is 1.00 bits per heavy atom. The van der Waals surface area contributed by atoms with E-state index in [0.717, 1.165) is 64.5 Å². The number of nitrogens with two attached hydrogens (primary N) is 1. The van der Waals surface area contributed by atoms with Crippen molar-refractivity contribution in [2.45, 2.75) is 76.3 Å². The average molecular weight is 508 g/mol. The molecule has 0 aromatic heterocycles. The fourth-order valence-electron chi connectivity index (χ4n) is 5.14. The highest BCUT2D eigenvalue weighted by Gasteiger charge is 2.38. The lowest BCUT2D eigenvalue weighted by atomic mass is 9.89. The van der Waals surface area contributed by atoms with Crippen molar-refractivity contribution in [3.8, 4) is 0 Å². The van der Waals surface area contributed by atoms with Crippen LogP contribution < -0.4 is 21.8 Å². The van der Waals surface area contributed by atoms with Crippen LogP contribution in [0, 0.1) is 11.8 Å². The van der Waals surface area contributed by atoms with Gasteiger partial charge >= 0.3 is 12.0 Å². The minimum absolute atomic E-state index is 0.163. The van der Waals surface area contributed by atoms with Crippen molar-refractivity contribution in [1.29, 1.82) is 0 Å². The molecule has 2 aliphatic carbocycles. The molecule has 2 atom stereocenters. The molecule has 1 aliphatic heterocycles. The van der Waals surface area contributed by atoms with Crippen LogP contribution in [0.2, 0.25) is 0 Å². The SMILES string of the molecule is NN=CN1CCC[C@@H](CNC(=O)C[C@H](NC(=O)NCC2CCCCC2)C(=O)N(CC(=O)O)C2CC2)C1. The summed E-state index contributed by atoms with van der Waals surface area (Å²) in [4.78, 5) is 53.3. The molecule has 0 aromatic carbocycles. The Morgan fingerprint density at radius 2 is 1.69 bits per heavy atom. The van der Waals surface area contributed by atoms with Crippen LogP contribution in [0.15, 0.2) is 5.10 Å². The number of carboxylic acids is 1. The molecule has 0 bridgehead atoms. The van der Waals surface area contributed by atoms with E-state index in [1.54, 1.807) is 6.34 Å². The number of piperidine rings is 1. The van der Waals surface area contributed by atoms with Crippen LogP contribution in [-0.2, 0) is 14.4 Å². The first-order chi connectivity index (χ1) is 17.4. The number of hydrazone groups is 1. The molecule has 12 nitrogen and oxygen atoms in total. The third-order valence-corrected chi connectivity index (χ3v) is 7.21. The van der Waals surface area contributed by atoms with Crippen molar-refractivity contribution in [2.24, 2.45) is 22.8 Å². The van der Waals surface area contributed by atoms with Crippen LogP contribution in [0.25, 0.3) is 0 Å². The fourth-order valence-corrected chi connectivity index (χ4v) is 5.14. The number of nitrogens with zero attached hydrogens (tertiary/aromatic N) is 3. The van der Waals surface area contributed by atoms with E-state index in [2.05, 4.69) is 21.1 Å². The molecule has 6 N–H and O–H groups in total. The standard InChI is InChI=1S/C24H41N7O5/c25-28-16-30-10-4-7-18(14-30)13-26-21(32)11-20(23(35)31(15-22(33)34)19-8-9-19)29-24(36)27-12-17-5-2-1-3-6-17/h16-20H,1-15,25H2,(H,26,32)(H,33,34)(H2,27,29,36)/t18-,20-/m0/s1. The summed E-state index contributed by atoms with van der Waals surface area (Å²) in [6.07, 6.45) is 10.3. The number of carboxylic acid groups (broad SMARTS) is 1. The highest BCUT2D eigenvalue weighted by molar-refractivity contribution is 5.93. The van der Waals surface area contributed by atoms with E-state index in [1.165, 1.54) is 11.3 Å². The zero-order valence-corrected chi connectivity index (χ0v) is 21.0. The van der Waals surface area contributed by atoms with E-state index in [4.69, 9.17) is 5.84 Å². The van der Waals surface area contributed by atoms with E-state index >= 15 is 0 Å². The van der Waals surface area contributed by atoms with Crippen LogP contribution >= 0.6 is 0 Å². The minimum atomic E-state index is -1.14. The molecule has 3 aliphatic rings. The molecule has 3 rings (SSSR count). The van der Waals surface area contributed by atoms with Crippen molar-refractivity contribution < 1.29 is 24.3 Å². The second-order valence-electron chi connectivity index (χ2n) is 10.3. The number of carbonyl (C=O) groups excluding carboxylic acids is 3. The third-order valence-electron chi connectivity index (χ3n) is 7.21. The number of amides is 4. The zero-order chi connectivity index (χ0) is 25.9. The Balaban J connectivity index is 1.56. The Kier molecular flexibility index (Phi) is 10.6. The molecule has 36 heavy (non-hydrogen) atoms. The summed E-state index contributed by atoms with van der Waals surface area (Å²) in [5.41, 5.74) is 0. The highest BCUT2D eigenvalue weighted by atomic mass is 16.4. The van der Waals surface area contributed by atoms with Crippen LogP contribution in [0.5, 0.6) is 0 Å². The number of rotatable bonds is 12. The van der Waals surface area contributed by atoms with Gasteiger partial charge in [0.2, 0.25) is 11.8 Å². The summed E-state index contributed by atoms with van der Waals surface area (Å²) in [6, 6.07) is -1.81. The monoisotopic (exact) mass is 507 g/mol. The van der Waals surface area contributed by atoms with Gasteiger partial charge in [0.1, 0.15) is 18.9 Å². The first-order valence-corrected chi connectivity index (χ1v) is 13.2. The Labute approximate surface area is 212 Å². The predicted molar refractivity (Wildman–Crippen MR) is 134 cm³/mol. The van der Waals surface area contributed by atoms with Crippen molar-refractivity contribution in [2.75, 3.05) is 32.7 Å². The summed E-state index contributed by atoms with van der Waals surface area (Å²) in [5.74, 6) is 3.85. The number of nitrogens with one attached hydrogen (secondary N) is 3. The Hall–Kier alpha value is -3.05. The summed E-state index contributed by atoms with van der Waals surface area (Å²) >= 11 is 0. The fraction of sp³-hybridized carbons (Fsp3) is 0.792. The van der Waals surface area contributed by atoms with Crippen LogP contribution in [0.4, 0.5) is 4.79 Å². The molecule has 2 saturated carbocycles. The number of likely N-dealkylation sites (tertiary alicyclic amines) is 1. The first kappa shape index (κ1) is 27.5. The number of urea groups is 1. The lowest BCUT2D eigenvalue weighted by molar-refractivity contribution is -0.146. The van der Waals surface area contributed by atoms with Gasteiger partial charge in [0.15, 0.2) is 0 Å². The van der Waals surface area contributed by atoms with Gasteiger partial charge in [0.05, 0.1) is 6.42 Å². The van der Waals surface area contributed by atoms with Crippen LogP contribution in [0.1, 0.15) is 64.2 Å². The van der Waals surface area contributed by atoms with Gasteiger partial charge in [-0.05, 0) is 50.4 Å². The van der Waals surface area contributed by atoms with E-state index < -0.39 is 30.5 Å². The van der Waals surface area contributed by atoms with Gasteiger partial charge < -0.3 is 36.7 Å². The summed E-state index contributed by atoms with van der Waals surface area (Å²) in [6.45, 7) is 2.09. The maximum absolute atomic E-state index is 13.3. The molecule has 0 radical (unpaired) electrons. The first-order valence-electron chi connectivity index (χ1n) is 13.2. The van der Waals surface area contributed by atoms with E-state index in [0.29, 0.717) is 19.0 Å². The lowest BCUT2D eigenvalue weighted by Crippen LogP contribution is -2.54. The molecule has 3 fully saturated rings. The lowest BCUT2D eigenvalue weighted by Gasteiger charge is -2.31. The average Bonchev–Trinajstić information content (AvgIpc) is 3.70. The van der Waals surface area contributed by atoms with E-state index in [-0.39, 0.29) is 24.3 Å². The minimum Gasteiger partial charge on any atom is -0.480 e. The summed E-state index contributed by atoms with van der Waals surface area (Å²) in [5, 5.41) is 21.2. The largest absolute Gasteiger partial charge is 0.480 e. The molecule has 4 amide bonds. The molecular formula is C24H41N7O5. The van der Waals surface area contributed by atoms with Crippen molar-refractivity contribution in [3.05, 3.63) is 0 Å². The second kappa shape index (κ2) is 13.9. The summed E-state index contributed by atoms with van der Waals surface area (Å²) in [7, 11) is 0. The van der Waals surface area contributed by atoms with Gasteiger partial charge in [-0.1, -0.05) is 19.3 Å². The predicted octanol–water partition coefficient (Wildman–Crippen LogP) is 0.430. The van der Waals surface area contributed by atoms with Crippen LogP contribution in [0.3, 0.4) is 0 Å². The van der Waals surface area contributed by atoms with Gasteiger partial charge in [-0.15, -0.1) is 0 Å². The number of hydrogen-bond donors (Lipinski definition) is 5.